The number of ether oxygens (including phenoxy) is 1. The van der Waals surface area contributed by atoms with E-state index in [9.17, 15) is 4.79 Å². The van der Waals surface area contributed by atoms with E-state index in [1.165, 1.54) is 0 Å². The lowest BCUT2D eigenvalue weighted by atomic mass is 10.0. The maximum Gasteiger partial charge on any atom is 0.193 e. The molecule has 0 heterocycles. The predicted molar refractivity (Wildman–Crippen MR) is 98.2 cm³/mol. The molecular weight excluding hydrogens is 296 g/mol. The molecule has 2 nitrogen and oxygen atoms in total. The number of carbonyl (C=O) groups is 1. The molecule has 0 aliphatic heterocycles. The molecule has 0 unspecified atom stereocenters. The molecular formula is C22H18O2. The van der Waals surface area contributed by atoms with Gasteiger partial charge in [-0.05, 0) is 23.3 Å². The molecule has 0 fully saturated rings. The number of methoxy groups -OCH3 is 1. The van der Waals surface area contributed by atoms with Crippen LogP contribution >= 0.6 is 0 Å². The van der Waals surface area contributed by atoms with Crippen LogP contribution in [0.25, 0.3) is 12.2 Å². The van der Waals surface area contributed by atoms with E-state index in [1.807, 2.05) is 91.0 Å². The molecule has 0 N–H and O–H groups in total. The Morgan fingerprint density at radius 1 is 0.708 bits per heavy atom. The third-order valence-electron chi connectivity index (χ3n) is 3.79. The van der Waals surface area contributed by atoms with E-state index in [1.54, 1.807) is 7.11 Å². The van der Waals surface area contributed by atoms with Crippen LogP contribution in [0.5, 0.6) is 5.75 Å². The fourth-order valence-electron chi connectivity index (χ4n) is 2.41. The molecule has 0 radical (unpaired) electrons. The lowest BCUT2D eigenvalue weighted by Crippen LogP contribution is -2.00. The van der Waals surface area contributed by atoms with Gasteiger partial charge in [0.05, 0.1) is 7.11 Å². The van der Waals surface area contributed by atoms with Gasteiger partial charge in [-0.25, -0.2) is 0 Å². The van der Waals surface area contributed by atoms with Crippen molar-refractivity contribution >= 4 is 17.9 Å². The van der Waals surface area contributed by atoms with E-state index in [0.29, 0.717) is 11.1 Å². The standard InChI is InChI=1S/C22H18O2/c1-24-21-15-11-18(12-16-21)8-7-17-9-13-20(14-10-17)22(23)19-5-3-2-4-6-19/h2-16H,1H3. The van der Waals surface area contributed by atoms with Crippen molar-refractivity contribution in [1.82, 2.24) is 0 Å². The van der Waals surface area contributed by atoms with E-state index >= 15 is 0 Å². The molecule has 0 bridgehead atoms. The van der Waals surface area contributed by atoms with Crippen LogP contribution in [0, 0.1) is 0 Å². The highest BCUT2D eigenvalue weighted by molar-refractivity contribution is 6.09. The van der Waals surface area contributed by atoms with Gasteiger partial charge in [0.1, 0.15) is 5.75 Å². The monoisotopic (exact) mass is 314 g/mol. The van der Waals surface area contributed by atoms with Crippen LogP contribution in [-0.4, -0.2) is 12.9 Å². The molecule has 3 rings (SSSR count). The first-order valence-corrected chi connectivity index (χ1v) is 7.78. The summed E-state index contributed by atoms with van der Waals surface area (Å²) >= 11 is 0. The van der Waals surface area contributed by atoms with Crippen LogP contribution in [-0.2, 0) is 0 Å². The van der Waals surface area contributed by atoms with Gasteiger partial charge in [0, 0.05) is 11.1 Å². The second-order valence-corrected chi connectivity index (χ2v) is 5.42. The van der Waals surface area contributed by atoms with Crippen LogP contribution in [0.2, 0.25) is 0 Å². The summed E-state index contributed by atoms with van der Waals surface area (Å²) in [6, 6.07) is 24.8. The average Bonchev–Trinajstić information content (AvgIpc) is 2.67. The highest BCUT2D eigenvalue weighted by Gasteiger charge is 2.07. The van der Waals surface area contributed by atoms with Crippen LogP contribution in [0.1, 0.15) is 27.0 Å². The van der Waals surface area contributed by atoms with Crippen molar-refractivity contribution in [3.8, 4) is 5.75 Å². The number of rotatable bonds is 5. The summed E-state index contributed by atoms with van der Waals surface area (Å²) in [5.41, 5.74) is 3.55. The van der Waals surface area contributed by atoms with Crippen molar-refractivity contribution in [3.05, 3.63) is 101 Å². The van der Waals surface area contributed by atoms with Gasteiger partial charge in [-0.1, -0.05) is 78.9 Å². The summed E-state index contributed by atoms with van der Waals surface area (Å²) in [5, 5.41) is 0. The fourth-order valence-corrected chi connectivity index (χ4v) is 2.41. The van der Waals surface area contributed by atoms with E-state index in [-0.39, 0.29) is 5.78 Å². The van der Waals surface area contributed by atoms with E-state index in [0.717, 1.165) is 16.9 Å². The smallest absolute Gasteiger partial charge is 0.193 e. The molecule has 0 aliphatic rings. The maximum absolute atomic E-state index is 12.4. The largest absolute Gasteiger partial charge is 0.497 e. The molecule has 0 spiro atoms. The Bertz CT molecular complexity index is 829. The van der Waals surface area contributed by atoms with Crippen molar-refractivity contribution in [2.24, 2.45) is 0 Å². The minimum absolute atomic E-state index is 0.0429. The zero-order chi connectivity index (χ0) is 16.8. The van der Waals surface area contributed by atoms with Crippen molar-refractivity contribution in [3.63, 3.8) is 0 Å². The Hall–Kier alpha value is -3.13. The summed E-state index contributed by atoms with van der Waals surface area (Å²) in [5.74, 6) is 0.886. The van der Waals surface area contributed by atoms with Crippen molar-refractivity contribution in [1.29, 1.82) is 0 Å². The first-order chi connectivity index (χ1) is 11.8. The lowest BCUT2D eigenvalue weighted by molar-refractivity contribution is 0.103. The molecule has 0 atom stereocenters. The number of hydrogen-bond acceptors (Lipinski definition) is 2. The summed E-state index contributed by atoms with van der Waals surface area (Å²) < 4.78 is 5.15. The first kappa shape index (κ1) is 15.8. The van der Waals surface area contributed by atoms with Gasteiger partial charge < -0.3 is 4.74 Å². The third-order valence-corrected chi connectivity index (χ3v) is 3.79. The van der Waals surface area contributed by atoms with Gasteiger partial charge in [0.15, 0.2) is 5.78 Å². The third kappa shape index (κ3) is 3.79. The quantitative estimate of drug-likeness (QED) is 0.484. The highest BCUT2D eigenvalue weighted by Crippen LogP contribution is 2.15. The Labute approximate surface area is 142 Å². The summed E-state index contributed by atoms with van der Waals surface area (Å²) in [6.45, 7) is 0. The Morgan fingerprint density at radius 3 is 1.75 bits per heavy atom. The number of benzene rings is 3. The zero-order valence-electron chi connectivity index (χ0n) is 13.5. The second kappa shape index (κ2) is 7.42. The average molecular weight is 314 g/mol. The van der Waals surface area contributed by atoms with Gasteiger partial charge in [0.2, 0.25) is 0 Å². The second-order valence-electron chi connectivity index (χ2n) is 5.42. The maximum atomic E-state index is 12.4. The normalized spacial score (nSPS) is 10.7. The SMILES string of the molecule is COc1ccc(C=Cc2ccc(C(=O)c3ccccc3)cc2)cc1. The van der Waals surface area contributed by atoms with Gasteiger partial charge in [-0.3, -0.25) is 4.79 Å². The zero-order valence-corrected chi connectivity index (χ0v) is 13.5. The lowest BCUT2D eigenvalue weighted by Gasteiger charge is -2.02. The molecule has 0 saturated heterocycles. The van der Waals surface area contributed by atoms with Crippen molar-refractivity contribution in [2.75, 3.05) is 7.11 Å². The number of hydrogen-bond donors (Lipinski definition) is 0. The van der Waals surface area contributed by atoms with E-state index in [4.69, 9.17) is 4.74 Å². The number of ketones is 1. The molecule has 3 aromatic carbocycles. The van der Waals surface area contributed by atoms with Gasteiger partial charge in [-0.15, -0.1) is 0 Å². The highest BCUT2D eigenvalue weighted by atomic mass is 16.5. The van der Waals surface area contributed by atoms with Gasteiger partial charge >= 0.3 is 0 Å². The molecule has 24 heavy (non-hydrogen) atoms. The molecule has 0 saturated carbocycles. The summed E-state index contributed by atoms with van der Waals surface area (Å²) in [6.07, 6.45) is 4.06. The van der Waals surface area contributed by atoms with Crippen LogP contribution < -0.4 is 4.74 Å². The molecule has 2 heteroatoms. The predicted octanol–water partition coefficient (Wildman–Crippen LogP) is 5.10. The van der Waals surface area contributed by atoms with Crippen LogP contribution in [0.3, 0.4) is 0 Å². The summed E-state index contributed by atoms with van der Waals surface area (Å²) in [7, 11) is 1.66. The van der Waals surface area contributed by atoms with Crippen LogP contribution in [0.4, 0.5) is 0 Å². The molecule has 0 aliphatic carbocycles. The van der Waals surface area contributed by atoms with Crippen LogP contribution in [0.15, 0.2) is 78.9 Å². The Kier molecular flexibility index (Phi) is 4.87. The van der Waals surface area contributed by atoms with Gasteiger partial charge in [0.25, 0.3) is 0 Å². The van der Waals surface area contributed by atoms with Crippen molar-refractivity contribution in [2.45, 2.75) is 0 Å². The molecule has 0 aromatic heterocycles. The Balaban J connectivity index is 1.72. The first-order valence-electron chi connectivity index (χ1n) is 7.78. The molecule has 3 aromatic rings. The fraction of sp³-hybridized carbons (Fsp3) is 0.0455. The van der Waals surface area contributed by atoms with Gasteiger partial charge in [-0.2, -0.15) is 0 Å². The van der Waals surface area contributed by atoms with Crippen molar-refractivity contribution < 1.29 is 9.53 Å². The van der Waals surface area contributed by atoms with E-state index < -0.39 is 0 Å². The number of carbonyl (C=O) groups excluding carboxylic acids is 1. The Morgan fingerprint density at radius 2 is 1.21 bits per heavy atom. The molecule has 0 amide bonds. The topological polar surface area (TPSA) is 26.3 Å². The minimum atomic E-state index is 0.0429. The summed E-state index contributed by atoms with van der Waals surface area (Å²) in [4.78, 5) is 12.4. The minimum Gasteiger partial charge on any atom is -0.497 e. The van der Waals surface area contributed by atoms with E-state index in [2.05, 4.69) is 0 Å². The molecule has 118 valence electrons.